The highest BCUT2D eigenvalue weighted by molar-refractivity contribution is 7.84. The molecule has 0 amide bonds. The van der Waals surface area contributed by atoms with E-state index < -0.39 is 11.0 Å². The number of carbonyl (C=O) groups excluding carboxylic acids is 1. The molecule has 2 atom stereocenters. The summed E-state index contributed by atoms with van der Waals surface area (Å²) in [5.74, 6) is -0.219. The van der Waals surface area contributed by atoms with Gasteiger partial charge in [0.2, 0.25) is 0 Å². The molecule has 5 heteroatoms. The second-order valence-corrected chi connectivity index (χ2v) is 8.30. The summed E-state index contributed by atoms with van der Waals surface area (Å²) >= 11 is 0. The predicted octanol–water partition coefficient (Wildman–Crippen LogP) is 3.43. The Morgan fingerprint density at radius 1 is 1.27 bits per heavy atom. The Morgan fingerprint density at radius 2 is 1.86 bits per heavy atom. The third-order valence-electron chi connectivity index (χ3n) is 3.23. The minimum absolute atomic E-state index is 0.134. The molecule has 0 fully saturated rings. The van der Waals surface area contributed by atoms with Crippen molar-refractivity contribution in [1.29, 1.82) is 0 Å². The summed E-state index contributed by atoms with van der Waals surface area (Å²) in [4.78, 5) is 11.6. The van der Waals surface area contributed by atoms with Crippen LogP contribution in [0.2, 0.25) is 0 Å². The topological polar surface area (TPSA) is 55.4 Å². The number of esters is 1. The fourth-order valence-electron chi connectivity index (χ4n) is 1.89. The average molecular weight is 325 g/mol. The Labute approximate surface area is 136 Å². The molecule has 0 heterocycles. The molecular weight excluding hydrogens is 298 g/mol. The van der Waals surface area contributed by atoms with Crippen LogP contribution in [0.5, 0.6) is 0 Å². The summed E-state index contributed by atoms with van der Waals surface area (Å²) in [6, 6.07) is 7.93. The van der Waals surface area contributed by atoms with Crippen LogP contribution in [-0.4, -0.2) is 21.5 Å². The average Bonchev–Trinajstić information content (AvgIpc) is 2.43. The highest BCUT2D eigenvalue weighted by Gasteiger charge is 2.24. The van der Waals surface area contributed by atoms with Crippen molar-refractivity contribution in [2.24, 2.45) is 0 Å². The van der Waals surface area contributed by atoms with E-state index >= 15 is 0 Å². The van der Waals surface area contributed by atoms with Crippen molar-refractivity contribution in [2.75, 3.05) is 6.61 Å². The number of nitrogens with one attached hydrogen (secondary N) is 1. The maximum atomic E-state index is 12.4. The summed E-state index contributed by atoms with van der Waals surface area (Å²) in [5, 5.41) is 0. The molecule has 1 aromatic carbocycles. The van der Waals surface area contributed by atoms with Gasteiger partial charge in [0.25, 0.3) is 0 Å². The predicted molar refractivity (Wildman–Crippen MR) is 90.8 cm³/mol. The fraction of sp³-hybridized carbons (Fsp3) is 0.588. The van der Waals surface area contributed by atoms with Gasteiger partial charge in [-0.05, 0) is 46.6 Å². The number of rotatable bonds is 7. The van der Waals surface area contributed by atoms with Gasteiger partial charge in [0.05, 0.1) is 22.3 Å². The summed E-state index contributed by atoms with van der Waals surface area (Å²) in [6.07, 6.45) is 0.866. The molecule has 0 spiro atoms. The molecule has 0 unspecified atom stereocenters. The molecule has 0 saturated heterocycles. The second kappa shape index (κ2) is 8.44. The van der Waals surface area contributed by atoms with Gasteiger partial charge in [0, 0.05) is 12.5 Å². The van der Waals surface area contributed by atoms with Gasteiger partial charge in [0.15, 0.2) is 0 Å². The van der Waals surface area contributed by atoms with E-state index in [-0.39, 0.29) is 16.8 Å². The molecule has 0 aliphatic carbocycles. The minimum atomic E-state index is -1.19. The van der Waals surface area contributed by atoms with Crippen molar-refractivity contribution in [3.8, 4) is 0 Å². The van der Waals surface area contributed by atoms with Gasteiger partial charge in [-0.3, -0.25) is 4.79 Å². The lowest BCUT2D eigenvalue weighted by atomic mass is 10.0. The number of aryl methyl sites for hydroxylation is 1. The number of carbonyl (C=O) groups is 1. The second-order valence-electron chi connectivity index (χ2n) is 6.31. The fourth-order valence-corrected chi connectivity index (χ4v) is 2.76. The van der Waals surface area contributed by atoms with Gasteiger partial charge in [-0.2, -0.15) is 0 Å². The summed E-state index contributed by atoms with van der Waals surface area (Å²) in [5.41, 5.74) is 2.21. The largest absolute Gasteiger partial charge is 0.466 e. The van der Waals surface area contributed by atoms with E-state index in [2.05, 4.69) is 4.72 Å². The standard InChI is InChI=1S/C17H27NO3S/c1-6-21-16(19)12-11-15(18-22(20)17(3,4)5)14-9-7-13(2)8-10-14/h7-10,15,18H,6,11-12H2,1-5H3/t15-,22+/m1/s1. The minimum Gasteiger partial charge on any atom is -0.466 e. The van der Waals surface area contributed by atoms with E-state index in [4.69, 9.17) is 4.74 Å². The molecule has 0 aliphatic rings. The van der Waals surface area contributed by atoms with Gasteiger partial charge in [-0.25, -0.2) is 8.93 Å². The van der Waals surface area contributed by atoms with Gasteiger partial charge < -0.3 is 4.74 Å². The number of benzene rings is 1. The van der Waals surface area contributed by atoms with Crippen LogP contribution < -0.4 is 4.72 Å². The lowest BCUT2D eigenvalue weighted by Crippen LogP contribution is -2.36. The number of ether oxygens (including phenoxy) is 1. The van der Waals surface area contributed by atoms with E-state index in [0.29, 0.717) is 19.4 Å². The molecule has 0 bridgehead atoms. The van der Waals surface area contributed by atoms with Crippen molar-refractivity contribution in [1.82, 2.24) is 4.72 Å². The SMILES string of the molecule is CCOC(=O)CC[C@@H](N[S@@](=O)C(C)(C)C)c1ccc(C)cc1. The van der Waals surface area contributed by atoms with Crippen LogP contribution in [0.3, 0.4) is 0 Å². The van der Waals surface area contributed by atoms with Gasteiger partial charge in [-0.1, -0.05) is 29.8 Å². The van der Waals surface area contributed by atoms with Crippen LogP contribution in [-0.2, 0) is 20.5 Å². The molecule has 124 valence electrons. The van der Waals surface area contributed by atoms with Crippen LogP contribution in [0.1, 0.15) is 57.7 Å². The molecule has 1 aromatic rings. The number of hydrogen-bond donors (Lipinski definition) is 1. The maximum absolute atomic E-state index is 12.4. The Kier molecular flexibility index (Phi) is 7.23. The Balaban J connectivity index is 2.83. The zero-order chi connectivity index (χ0) is 16.8. The summed E-state index contributed by atoms with van der Waals surface area (Å²) < 4.78 is 20.1. The van der Waals surface area contributed by atoms with Gasteiger partial charge >= 0.3 is 5.97 Å². The van der Waals surface area contributed by atoms with Gasteiger partial charge in [-0.15, -0.1) is 0 Å². The van der Waals surface area contributed by atoms with E-state index in [0.717, 1.165) is 5.56 Å². The molecule has 0 aromatic heterocycles. The number of hydrogen-bond acceptors (Lipinski definition) is 3. The molecule has 4 nitrogen and oxygen atoms in total. The molecular formula is C17H27NO3S. The lowest BCUT2D eigenvalue weighted by Gasteiger charge is -2.24. The van der Waals surface area contributed by atoms with Crippen LogP contribution in [0, 0.1) is 6.92 Å². The molecule has 0 saturated carbocycles. The first kappa shape index (κ1) is 18.8. The highest BCUT2D eigenvalue weighted by atomic mass is 32.2. The summed E-state index contributed by atoms with van der Waals surface area (Å²) in [6.45, 7) is 9.98. The van der Waals surface area contributed by atoms with Gasteiger partial charge in [0.1, 0.15) is 0 Å². The molecule has 1 N–H and O–H groups in total. The van der Waals surface area contributed by atoms with E-state index in [1.54, 1.807) is 6.92 Å². The smallest absolute Gasteiger partial charge is 0.305 e. The maximum Gasteiger partial charge on any atom is 0.305 e. The first-order valence-corrected chi connectivity index (χ1v) is 8.79. The quantitative estimate of drug-likeness (QED) is 0.781. The van der Waals surface area contributed by atoms with Crippen LogP contribution in [0.15, 0.2) is 24.3 Å². The molecule has 1 rings (SSSR count). The normalized spacial score (nSPS) is 14.4. The van der Waals surface area contributed by atoms with Crippen molar-refractivity contribution in [3.63, 3.8) is 0 Å². The monoisotopic (exact) mass is 325 g/mol. The summed E-state index contributed by atoms with van der Waals surface area (Å²) in [7, 11) is -1.19. The van der Waals surface area contributed by atoms with E-state index in [1.165, 1.54) is 5.56 Å². The first-order chi connectivity index (χ1) is 10.2. The van der Waals surface area contributed by atoms with Crippen molar-refractivity contribution >= 4 is 17.0 Å². The molecule has 0 radical (unpaired) electrons. The third-order valence-corrected chi connectivity index (χ3v) is 4.84. The highest BCUT2D eigenvalue weighted by Crippen LogP contribution is 2.22. The Hall–Kier alpha value is -1.20. The first-order valence-electron chi connectivity index (χ1n) is 7.64. The van der Waals surface area contributed by atoms with Crippen LogP contribution >= 0.6 is 0 Å². The molecule has 0 aliphatic heterocycles. The third kappa shape index (κ3) is 6.28. The van der Waals surface area contributed by atoms with Crippen LogP contribution in [0.4, 0.5) is 0 Å². The van der Waals surface area contributed by atoms with E-state index in [9.17, 15) is 9.00 Å². The lowest BCUT2D eigenvalue weighted by molar-refractivity contribution is -0.143. The Bertz CT molecular complexity index is 506. The zero-order valence-corrected chi connectivity index (χ0v) is 15.0. The van der Waals surface area contributed by atoms with Crippen molar-refractivity contribution in [3.05, 3.63) is 35.4 Å². The zero-order valence-electron chi connectivity index (χ0n) is 14.1. The van der Waals surface area contributed by atoms with Crippen molar-refractivity contribution in [2.45, 2.75) is 58.2 Å². The molecule has 22 heavy (non-hydrogen) atoms. The van der Waals surface area contributed by atoms with Crippen LogP contribution in [0.25, 0.3) is 0 Å². The van der Waals surface area contributed by atoms with Crippen molar-refractivity contribution < 1.29 is 13.7 Å². The van der Waals surface area contributed by atoms with E-state index in [1.807, 2.05) is 52.0 Å². The Morgan fingerprint density at radius 3 is 2.36 bits per heavy atom.